The van der Waals surface area contributed by atoms with E-state index in [9.17, 15) is 4.79 Å². The molecular weight excluding hydrogens is 373 g/mol. The molecule has 0 radical (unpaired) electrons. The summed E-state index contributed by atoms with van der Waals surface area (Å²) in [5, 5.41) is 0. The van der Waals surface area contributed by atoms with E-state index in [-0.39, 0.29) is 30.8 Å². The molecule has 2 N–H and O–H groups in total. The highest BCUT2D eigenvalue weighted by Gasteiger charge is 2.17. The quantitative estimate of drug-likeness (QED) is 0.804. The summed E-state index contributed by atoms with van der Waals surface area (Å²) in [6.45, 7) is 2.15. The van der Waals surface area contributed by atoms with Gasteiger partial charge in [-0.15, -0.1) is 12.4 Å². The lowest BCUT2D eigenvalue weighted by molar-refractivity contribution is -0.143. The highest BCUT2D eigenvalue weighted by atomic mass is 79.9. The highest BCUT2D eigenvalue weighted by molar-refractivity contribution is 9.11. The maximum atomic E-state index is 11.3. The van der Waals surface area contributed by atoms with Gasteiger partial charge in [0.05, 0.1) is 13.0 Å². The Bertz CT molecular complexity index is 367. The van der Waals surface area contributed by atoms with Gasteiger partial charge in [-0.25, -0.2) is 0 Å². The molecule has 3 nitrogen and oxygen atoms in total. The number of rotatable bonds is 4. The van der Waals surface area contributed by atoms with Crippen LogP contribution in [0.2, 0.25) is 0 Å². The Labute approximate surface area is 124 Å². The van der Waals surface area contributed by atoms with Crippen molar-refractivity contribution in [3.63, 3.8) is 0 Å². The lowest BCUT2D eigenvalue weighted by Crippen LogP contribution is -2.18. The van der Waals surface area contributed by atoms with E-state index in [1.54, 1.807) is 6.92 Å². The van der Waals surface area contributed by atoms with E-state index in [1.807, 2.05) is 18.2 Å². The molecule has 0 spiro atoms. The van der Waals surface area contributed by atoms with E-state index in [0.717, 1.165) is 14.5 Å². The molecule has 96 valence electrons. The fraction of sp³-hybridized carbons (Fsp3) is 0.364. The van der Waals surface area contributed by atoms with Crippen LogP contribution in [-0.4, -0.2) is 12.6 Å². The summed E-state index contributed by atoms with van der Waals surface area (Å²) in [7, 11) is 0. The predicted molar refractivity (Wildman–Crippen MR) is 77.3 cm³/mol. The monoisotopic (exact) mass is 385 g/mol. The normalized spacial score (nSPS) is 11.5. The lowest BCUT2D eigenvalue weighted by Gasteiger charge is -2.14. The molecule has 0 saturated heterocycles. The second-order valence-corrected chi connectivity index (χ2v) is 4.96. The van der Waals surface area contributed by atoms with Crippen molar-refractivity contribution < 1.29 is 9.53 Å². The maximum absolute atomic E-state index is 11.3. The van der Waals surface area contributed by atoms with Gasteiger partial charge in [-0.2, -0.15) is 0 Å². The molecule has 0 unspecified atom stereocenters. The van der Waals surface area contributed by atoms with Gasteiger partial charge >= 0.3 is 5.97 Å². The summed E-state index contributed by atoms with van der Waals surface area (Å²) >= 11 is 6.83. The van der Waals surface area contributed by atoms with E-state index in [2.05, 4.69) is 31.9 Å². The molecule has 0 bridgehead atoms. The number of carbonyl (C=O) groups is 1. The summed E-state index contributed by atoms with van der Waals surface area (Å²) in [5.41, 5.74) is 6.85. The van der Waals surface area contributed by atoms with Gasteiger partial charge < -0.3 is 10.5 Å². The summed E-state index contributed by atoms with van der Waals surface area (Å²) in [6, 6.07) is 5.31. The van der Waals surface area contributed by atoms with E-state index in [0.29, 0.717) is 6.61 Å². The van der Waals surface area contributed by atoms with Crippen molar-refractivity contribution in [3.05, 3.63) is 32.7 Å². The maximum Gasteiger partial charge on any atom is 0.307 e. The van der Waals surface area contributed by atoms with Crippen LogP contribution in [0.1, 0.15) is 24.9 Å². The van der Waals surface area contributed by atoms with Crippen molar-refractivity contribution in [2.45, 2.75) is 19.4 Å². The zero-order valence-electron chi connectivity index (χ0n) is 9.28. The van der Waals surface area contributed by atoms with Crippen LogP contribution >= 0.6 is 44.3 Å². The van der Waals surface area contributed by atoms with Crippen LogP contribution in [0.15, 0.2) is 27.1 Å². The molecular formula is C11H14Br2ClNO2. The Balaban J connectivity index is 0.00000256. The van der Waals surface area contributed by atoms with Crippen LogP contribution in [-0.2, 0) is 9.53 Å². The van der Waals surface area contributed by atoms with Gasteiger partial charge in [-0.3, -0.25) is 4.79 Å². The van der Waals surface area contributed by atoms with Gasteiger partial charge in [0.2, 0.25) is 0 Å². The Morgan fingerprint density at radius 2 is 1.94 bits per heavy atom. The molecule has 1 rings (SSSR count). The average molecular weight is 387 g/mol. The fourth-order valence-corrected chi connectivity index (χ4v) is 2.95. The minimum absolute atomic E-state index is 0. The second kappa shape index (κ2) is 8.08. The van der Waals surface area contributed by atoms with Gasteiger partial charge in [0.1, 0.15) is 0 Å². The SMILES string of the molecule is CCOC(=O)C[C@@H](N)c1c(Br)cccc1Br.Cl. The van der Waals surface area contributed by atoms with Crippen LogP contribution in [0.5, 0.6) is 0 Å². The first-order valence-electron chi connectivity index (χ1n) is 4.91. The smallest absolute Gasteiger partial charge is 0.307 e. The molecule has 0 saturated carbocycles. The summed E-state index contributed by atoms with van der Waals surface area (Å²) in [4.78, 5) is 11.3. The van der Waals surface area contributed by atoms with Crippen molar-refractivity contribution in [2.24, 2.45) is 5.73 Å². The number of hydrogen-bond donors (Lipinski definition) is 1. The zero-order valence-corrected chi connectivity index (χ0v) is 13.3. The topological polar surface area (TPSA) is 52.3 Å². The molecule has 0 heterocycles. The van der Waals surface area contributed by atoms with Crippen molar-refractivity contribution >= 4 is 50.2 Å². The third-order valence-corrected chi connectivity index (χ3v) is 3.45. The molecule has 0 aliphatic rings. The van der Waals surface area contributed by atoms with Crippen LogP contribution in [0.25, 0.3) is 0 Å². The first kappa shape index (κ1) is 16.9. The van der Waals surface area contributed by atoms with Crippen LogP contribution in [0, 0.1) is 0 Å². The zero-order chi connectivity index (χ0) is 12.1. The van der Waals surface area contributed by atoms with Crippen molar-refractivity contribution in [1.29, 1.82) is 0 Å². The van der Waals surface area contributed by atoms with Gasteiger partial charge in [0.15, 0.2) is 0 Å². The lowest BCUT2D eigenvalue weighted by atomic mass is 10.1. The first-order chi connectivity index (χ1) is 7.56. The number of halogens is 3. The first-order valence-corrected chi connectivity index (χ1v) is 6.50. The minimum atomic E-state index is -0.371. The van der Waals surface area contributed by atoms with E-state index < -0.39 is 0 Å². The van der Waals surface area contributed by atoms with Crippen molar-refractivity contribution in [2.75, 3.05) is 6.61 Å². The number of benzene rings is 1. The molecule has 17 heavy (non-hydrogen) atoms. The summed E-state index contributed by atoms with van der Waals surface area (Å²) in [6.07, 6.45) is 0.176. The van der Waals surface area contributed by atoms with Gasteiger partial charge in [-0.05, 0) is 24.6 Å². The molecule has 0 aromatic heterocycles. The van der Waals surface area contributed by atoms with E-state index >= 15 is 0 Å². The van der Waals surface area contributed by atoms with Gasteiger partial charge in [0.25, 0.3) is 0 Å². The molecule has 1 atom stereocenters. The Kier molecular flexibility index (Phi) is 8.03. The predicted octanol–water partition coefficient (Wildman–Crippen LogP) is 3.59. The van der Waals surface area contributed by atoms with Crippen LogP contribution < -0.4 is 5.73 Å². The summed E-state index contributed by atoms with van der Waals surface area (Å²) < 4.78 is 6.64. The number of carbonyl (C=O) groups excluding carboxylic acids is 1. The van der Waals surface area contributed by atoms with E-state index in [4.69, 9.17) is 10.5 Å². The highest BCUT2D eigenvalue weighted by Crippen LogP contribution is 2.31. The van der Waals surface area contributed by atoms with Crippen LogP contribution in [0.3, 0.4) is 0 Å². The Morgan fingerprint density at radius 3 is 2.41 bits per heavy atom. The average Bonchev–Trinajstić information content (AvgIpc) is 2.17. The summed E-state index contributed by atoms with van der Waals surface area (Å²) in [5.74, 6) is -0.280. The van der Waals surface area contributed by atoms with Crippen molar-refractivity contribution in [3.8, 4) is 0 Å². The fourth-order valence-electron chi connectivity index (χ4n) is 1.37. The van der Waals surface area contributed by atoms with Gasteiger partial charge in [0, 0.05) is 15.0 Å². The number of ether oxygens (including phenoxy) is 1. The molecule has 0 aliphatic carbocycles. The molecule has 0 amide bonds. The second-order valence-electron chi connectivity index (χ2n) is 3.25. The molecule has 0 fully saturated rings. The van der Waals surface area contributed by atoms with Gasteiger partial charge in [-0.1, -0.05) is 37.9 Å². The number of hydrogen-bond acceptors (Lipinski definition) is 3. The standard InChI is InChI=1S/C11H13Br2NO2.ClH/c1-2-16-10(15)6-9(14)11-7(12)4-3-5-8(11)13;/h3-5,9H,2,6,14H2,1H3;1H/t9-;/m1./s1. The van der Waals surface area contributed by atoms with Crippen molar-refractivity contribution in [1.82, 2.24) is 0 Å². The van der Waals surface area contributed by atoms with E-state index in [1.165, 1.54) is 0 Å². The van der Waals surface area contributed by atoms with Crippen LogP contribution in [0.4, 0.5) is 0 Å². The molecule has 1 aromatic rings. The molecule has 1 aromatic carbocycles. The Hall–Kier alpha value is -0.100. The molecule has 6 heteroatoms. The third kappa shape index (κ3) is 4.95. The minimum Gasteiger partial charge on any atom is -0.466 e. The largest absolute Gasteiger partial charge is 0.466 e. The Morgan fingerprint density at radius 1 is 1.41 bits per heavy atom. The number of esters is 1. The number of nitrogens with two attached hydrogens (primary N) is 1. The molecule has 0 aliphatic heterocycles. The third-order valence-electron chi connectivity index (χ3n) is 2.06.